The van der Waals surface area contributed by atoms with E-state index in [1.165, 1.54) is 19.3 Å². The number of rotatable bonds is 51. The van der Waals surface area contributed by atoms with Gasteiger partial charge in [0.1, 0.15) is 12.7 Å². The Labute approximate surface area is 449 Å². The minimum absolute atomic E-state index is 0.0622. The topological polar surface area (TPSA) is 155 Å². The van der Waals surface area contributed by atoms with Gasteiger partial charge in [0.25, 0.3) is 0 Å². The Bertz CT molecular complexity index is 1700. The molecule has 0 aliphatic carbocycles. The lowest BCUT2D eigenvalue weighted by Gasteiger charge is -2.21. The summed E-state index contributed by atoms with van der Waals surface area (Å²) in [5.74, 6) is -1.64. The van der Waals surface area contributed by atoms with Crippen molar-refractivity contribution in [2.24, 2.45) is 0 Å². The summed E-state index contributed by atoms with van der Waals surface area (Å²) >= 11 is 0. The summed E-state index contributed by atoms with van der Waals surface area (Å²) in [7, 11) is -4.79. The Morgan fingerprint density at radius 1 is 0.405 bits per heavy atom. The number of aliphatic hydroxyl groups is 1. The van der Waals surface area contributed by atoms with Gasteiger partial charge in [0, 0.05) is 12.8 Å². The summed E-state index contributed by atoms with van der Waals surface area (Å²) in [6.07, 6.45) is 67.5. The van der Waals surface area contributed by atoms with Crippen molar-refractivity contribution in [3.8, 4) is 0 Å². The highest BCUT2D eigenvalue weighted by molar-refractivity contribution is 7.47. The maximum absolute atomic E-state index is 12.9. The molecule has 0 amide bonds. The molecule has 0 aromatic rings. The van der Waals surface area contributed by atoms with E-state index in [0.717, 1.165) is 135 Å². The average Bonchev–Trinajstić information content (AvgIpc) is 3.39. The molecule has 0 rings (SSSR count). The number of hydrogen-bond donors (Lipinski definition) is 2. The van der Waals surface area contributed by atoms with Crippen LogP contribution >= 0.6 is 7.82 Å². The summed E-state index contributed by atoms with van der Waals surface area (Å²) in [5.41, 5.74) is 0. The van der Waals surface area contributed by atoms with Crippen LogP contribution in [0, 0.1) is 0 Å². The van der Waals surface area contributed by atoms with E-state index in [1.807, 2.05) is 18.2 Å². The maximum atomic E-state index is 12.9. The van der Waals surface area contributed by atoms with E-state index in [9.17, 15) is 28.9 Å². The molecule has 0 heterocycles. The van der Waals surface area contributed by atoms with Gasteiger partial charge in [-0.2, -0.15) is 0 Å². The van der Waals surface area contributed by atoms with Crippen LogP contribution in [-0.4, -0.2) is 66.5 Å². The van der Waals surface area contributed by atoms with Crippen molar-refractivity contribution in [3.63, 3.8) is 0 Å². The van der Waals surface area contributed by atoms with E-state index in [4.69, 9.17) is 23.3 Å². The molecule has 12 heteroatoms. The fourth-order valence-electron chi connectivity index (χ4n) is 7.12. The van der Waals surface area contributed by atoms with Gasteiger partial charge in [0.2, 0.25) is 0 Å². The lowest BCUT2D eigenvalue weighted by atomic mass is 10.1. The second kappa shape index (κ2) is 55.1. The number of allylic oxidation sites excluding steroid dienone is 19. The van der Waals surface area contributed by atoms with Crippen LogP contribution in [0.2, 0.25) is 0 Å². The molecule has 0 aliphatic rings. The monoisotopic (exact) mass is 1050 g/mol. The van der Waals surface area contributed by atoms with Crippen LogP contribution in [0.5, 0.6) is 0 Å². The molecule has 0 aliphatic heterocycles. The van der Waals surface area contributed by atoms with Crippen molar-refractivity contribution in [3.05, 3.63) is 122 Å². The van der Waals surface area contributed by atoms with Gasteiger partial charge in [-0.05, 0) is 109 Å². The van der Waals surface area contributed by atoms with Crippen LogP contribution in [0.1, 0.15) is 213 Å². The first-order valence-corrected chi connectivity index (χ1v) is 29.9. The predicted molar refractivity (Wildman–Crippen MR) is 306 cm³/mol. The molecule has 11 nitrogen and oxygen atoms in total. The zero-order chi connectivity index (χ0) is 54.1. The Morgan fingerprint density at radius 3 is 1.19 bits per heavy atom. The summed E-state index contributed by atoms with van der Waals surface area (Å²) in [4.78, 5) is 48.5. The van der Waals surface area contributed by atoms with Gasteiger partial charge in [0.05, 0.1) is 26.2 Å². The number of phosphoric ester groups is 1. The van der Waals surface area contributed by atoms with E-state index in [0.29, 0.717) is 19.3 Å². The van der Waals surface area contributed by atoms with Crippen LogP contribution in [0.25, 0.3) is 0 Å². The van der Waals surface area contributed by atoms with Crippen LogP contribution in [0.4, 0.5) is 0 Å². The van der Waals surface area contributed by atoms with Crippen LogP contribution in [-0.2, 0) is 42.2 Å². The number of hydrogen-bond acceptors (Lipinski definition) is 10. The summed E-state index contributed by atoms with van der Waals surface area (Å²) < 4.78 is 39.4. The molecule has 0 aromatic carbocycles. The lowest BCUT2D eigenvalue weighted by Crippen LogP contribution is -2.30. The molecule has 420 valence electrons. The summed E-state index contributed by atoms with van der Waals surface area (Å²) in [5, 5.41) is 9.79. The normalized spacial score (nSPS) is 14.3. The second-order valence-corrected chi connectivity index (χ2v) is 19.8. The average molecular weight is 1050 g/mol. The lowest BCUT2D eigenvalue weighted by molar-refractivity contribution is -0.161. The molecule has 3 atom stereocenters. The minimum Gasteiger partial charge on any atom is -0.462 e. The minimum atomic E-state index is -4.79. The maximum Gasteiger partial charge on any atom is 0.472 e. The standard InChI is InChI=1S/C62H101O11P/c1-4-7-10-13-16-19-22-25-28-29-32-35-38-41-44-47-50-53-62(66)73-59(55-69-60(64)51-48-45-42-39-36-33-30-26-23-20-17-14-11-8-5-2)57-71-74(67,68)70-56-58(54-63)72-61(65)52-49-46-43-40-37-34-31-27-24-21-18-15-12-9-6-3/h7,9-10,12,16-21,25-28,30-31,37,40,46,49,58-59,63H,4-6,8,11,13-15,22-24,29,32-36,38-39,41-45,47-48,50-57H2,1-3H3,(H,67,68)/b10-7-,12-9-,19-16-,20-17-,21-18-,28-25-,30-26-,31-27-,40-37-,49-46-. The Kier molecular flexibility index (Phi) is 52.1. The largest absolute Gasteiger partial charge is 0.472 e. The fourth-order valence-corrected chi connectivity index (χ4v) is 7.91. The van der Waals surface area contributed by atoms with E-state index in [2.05, 4.69) is 118 Å². The highest BCUT2D eigenvalue weighted by Gasteiger charge is 2.28. The van der Waals surface area contributed by atoms with Crippen LogP contribution in [0.3, 0.4) is 0 Å². The van der Waals surface area contributed by atoms with Crippen molar-refractivity contribution >= 4 is 25.7 Å². The molecule has 0 fully saturated rings. The summed E-state index contributed by atoms with van der Waals surface area (Å²) in [6.45, 7) is 4.24. The first-order valence-electron chi connectivity index (χ1n) is 28.4. The zero-order valence-electron chi connectivity index (χ0n) is 46.3. The number of unbranched alkanes of at least 4 members (excludes halogenated alkanes) is 15. The second-order valence-electron chi connectivity index (χ2n) is 18.3. The quantitative estimate of drug-likeness (QED) is 0.0197. The molecule has 2 N–H and O–H groups in total. The number of carbonyl (C=O) groups is 3. The molecule has 0 radical (unpaired) electrons. The zero-order valence-corrected chi connectivity index (χ0v) is 47.2. The highest BCUT2D eigenvalue weighted by Crippen LogP contribution is 2.43. The van der Waals surface area contributed by atoms with Crippen molar-refractivity contribution in [2.75, 3.05) is 26.4 Å². The Balaban J connectivity index is 4.86. The van der Waals surface area contributed by atoms with E-state index < -0.39 is 57.8 Å². The molecular formula is C62H101O11P. The molecule has 0 bridgehead atoms. The van der Waals surface area contributed by atoms with Gasteiger partial charge >= 0.3 is 25.7 Å². The molecule has 3 unspecified atom stereocenters. The van der Waals surface area contributed by atoms with Gasteiger partial charge < -0.3 is 24.2 Å². The fraction of sp³-hybridized carbons (Fsp3) is 0.629. The molecule has 74 heavy (non-hydrogen) atoms. The van der Waals surface area contributed by atoms with E-state index in [1.54, 1.807) is 6.08 Å². The first-order chi connectivity index (χ1) is 36.2. The number of aliphatic hydroxyl groups excluding tert-OH is 1. The van der Waals surface area contributed by atoms with Gasteiger partial charge in [-0.25, -0.2) is 4.57 Å². The van der Waals surface area contributed by atoms with Crippen molar-refractivity contribution in [1.29, 1.82) is 0 Å². The Morgan fingerprint density at radius 2 is 0.757 bits per heavy atom. The van der Waals surface area contributed by atoms with Crippen LogP contribution < -0.4 is 0 Å². The predicted octanol–water partition coefficient (Wildman–Crippen LogP) is 16.8. The van der Waals surface area contributed by atoms with Crippen molar-refractivity contribution in [1.82, 2.24) is 0 Å². The van der Waals surface area contributed by atoms with Crippen molar-refractivity contribution < 1.29 is 52.2 Å². The van der Waals surface area contributed by atoms with Gasteiger partial charge in [-0.15, -0.1) is 0 Å². The van der Waals surface area contributed by atoms with E-state index >= 15 is 0 Å². The molecular weight excluding hydrogens is 952 g/mol. The number of carbonyl (C=O) groups excluding carboxylic acids is 3. The number of esters is 3. The number of phosphoric acid groups is 1. The first kappa shape index (κ1) is 69.9. The van der Waals surface area contributed by atoms with E-state index in [-0.39, 0.29) is 25.9 Å². The highest BCUT2D eigenvalue weighted by atomic mass is 31.2. The third-order valence-electron chi connectivity index (χ3n) is 11.4. The molecule has 0 saturated heterocycles. The molecule has 0 saturated carbocycles. The van der Waals surface area contributed by atoms with Gasteiger partial charge in [0.15, 0.2) is 6.10 Å². The Hall–Kier alpha value is -4.12. The molecule has 0 spiro atoms. The summed E-state index contributed by atoms with van der Waals surface area (Å²) in [6, 6.07) is 0. The van der Waals surface area contributed by atoms with Gasteiger partial charge in [-0.1, -0.05) is 206 Å². The SMILES string of the molecule is CC/C=C\C/C=C\C/C=C\C/C=C\C/C=C\CC(=O)OC(CO)COP(=O)(O)OCC(COC(=O)CCCCCCC/C=C\C/C=C\CCCCC)OC(=O)CCCCCCCCC/C=C\C/C=C\C/C=C\CC. The number of ether oxygens (including phenoxy) is 3. The smallest absolute Gasteiger partial charge is 0.462 e. The third kappa shape index (κ3) is 52.7. The third-order valence-corrected chi connectivity index (χ3v) is 12.3. The molecule has 0 aromatic heterocycles. The van der Waals surface area contributed by atoms with Crippen molar-refractivity contribution in [2.45, 2.75) is 226 Å². The van der Waals surface area contributed by atoms with Gasteiger partial charge in [-0.3, -0.25) is 23.4 Å². The van der Waals surface area contributed by atoms with Crippen LogP contribution in [0.15, 0.2) is 122 Å².